The molecule has 0 aliphatic carbocycles. The van der Waals surface area contributed by atoms with Crippen molar-refractivity contribution in [2.24, 2.45) is 17.8 Å². The molecule has 0 saturated heterocycles. The minimum absolute atomic E-state index is 0.595. The summed E-state index contributed by atoms with van der Waals surface area (Å²) in [6.07, 6.45) is 1.54. The monoisotopic (exact) mass is 266 g/mol. The Bertz CT molecular complexity index is 385. The largest absolute Gasteiger partial charge is 0.490 e. The SMILES string of the molecule is CNc1ncnc(NCC(C(C)C)C(C)C)c1OC. The third kappa shape index (κ3) is 3.98. The molecule has 0 aliphatic heterocycles. The molecule has 0 aromatic carbocycles. The van der Waals surface area contributed by atoms with Gasteiger partial charge in [0, 0.05) is 13.6 Å². The molecule has 1 heterocycles. The van der Waals surface area contributed by atoms with Crippen LogP contribution in [0.15, 0.2) is 6.33 Å². The summed E-state index contributed by atoms with van der Waals surface area (Å²) < 4.78 is 5.37. The summed E-state index contributed by atoms with van der Waals surface area (Å²) in [4.78, 5) is 8.40. The van der Waals surface area contributed by atoms with E-state index < -0.39 is 0 Å². The molecule has 5 heteroatoms. The van der Waals surface area contributed by atoms with Gasteiger partial charge >= 0.3 is 0 Å². The molecule has 0 unspecified atom stereocenters. The van der Waals surface area contributed by atoms with Gasteiger partial charge < -0.3 is 15.4 Å². The standard InChI is InChI=1S/C14H26N4O/c1-9(2)11(10(3)4)7-16-14-12(19-6)13(15-5)17-8-18-14/h8-11H,7H2,1-6H3,(H2,15,16,17,18). The number of nitrogens with one attached hydrogen (secondary N) is 2. The van der Waals surface area contributed by atoms with E-state index in [-0.39, 0.29) is 0 Å². The van der Waals surface area contributed by atoms with Crippen LogP contribution in [0.25, 0.3) is 0 Å². The van der Waals surface area contributed by atoms with Crippen LogP contribution < -0.4 is 15.4 Å². The molecule has 0 atom stereocenters. The lowest BCUT2D eigenvalue weighted by molar-refractivity contribution is 0.303. The molecule has 1 rings (SSSR count). The summed E-state index contributed by atoms with van der Waals surface area (Å²) in [7, 11) is 3.45. The Morgan fingerprint density at radius 1 is 1.11 bits per heavy atom. The van der Waals surface area contributed by atoms with Gasteiger partial charge in [0.05, 0.1) is 7.11 Å². The zero-order valence-electron chi connectivity index (χ0n) is 12.8. The molecule has 0 amide bonds. The van der Waals surface area contributed by atoms with E-state index in [1.807, 2.05) is 7.05 Å². The maximum atomic E-state index is 5.37. The van der Waals surface area contributed by atoms with Gasteiger partial charge in [-0.15, -0.1) is 0 Å². The number of hydrogen-bond donors (Lipinski definition) is 2. The maximum Gasteiger partial charge on any atom is 0.204 e. The predicted octanol–water partition coefficient (Wildman–Crippen LogP) is 2.87. The molecule has 2 N–H and O–H groups in total. The molecule has 19 heavy (non-hydrogen) atoms. The lowest BCUT2D eigenvalue weighted by Gasteiger charge is -2.25. The van der Waals surface area contributed by atoms with Crippen LogP contribution in [0, 0.1) is 17.8 Å². The minimum Gasteiger partial charge on any atom is -0.490 e. The molecule has 108 valence electrons. The Balaban J connectivity index is 2.82. The topological polar surface area (TPSA) is 59.1 Å². The van der Waals surface area contributed by atoms with Crippen molar-refractivity contribution in [3.05, 3.63) is 6.33 Å². The lowest BCUT2D eigenvalue weighted by atomic mass is 9.85. The van der Waals surface area contributed by atoms with Gasteiger partial charge in [0.1, 0.15) is 6.33 Å². The number of nitrogens with zero attached hydrogens (tertiary/aromatic N) is 2. The highest BCUT2D eigenvalue weighted by atomic mass is 16.5. The number of methoxy groups -OCH3 is 1. The highest BCUT2D eigenvalue weighted by Crippen LogP contribution is 2.29. The fourth-order valence-corrected chi connectivity index (χ4v) is 2.33. The first kappa shape index (κ1) is 15.5. The van der Waals surface area contributed by atoms with E-state index in [1.54, 1.807) is 7.11 Å². The molecule has 1 aromatic rings. The van der Waals surface area contributed by atoms with E-state index in [2.05, 4.69) is 48.3 Å². The smallest absolute Gasteiger partial charge is 0.204 e. The third-order valence-corrected chi connectivity index (χ3v) is 3.46. The average molecular weight is 266 g/mol. The van der Waals surface area contributed by atoms with Crippen LogP contribution in [-0.4, -0.2) is 30.7 Å². The second-order valence-corrected chi connectivity index (χ2v) is 5.39. The van der Waals surface area contributed by atoms with Crippen LogP contribution >= 0.6 is 0 Å². The molecule has 0 aliphatic rings. The Kier molecular flexibility index (Phi) is 5.86. The molecule has 0 fully saturated rings. The van der Waals surface area contributed by atoms with Gasteiger partial charge in [-0.3, -0.25) is 0 Å². The molecular weight excluding hydrogens is 240 g/mol. The third-order valence-electron chi connectivity index (χ3n) is 3.46. The van der Waals surface area contributed by atoms with Crippen molar-refractivity contribution in [2.45, 2.75) is 27.7 Å². The van der Waals surface area contributed by atoms with Crippen molar-refractivity contribution in [1.29, 1.82) is 0 Å². The van der Waals surface area contributed by atoms with E-state index in [1.165, 1.54) is 6.33 Å². The zero-order chi connectivity index (χ0) is 14.4. The summed E-state index contributed by atoms with van der Waals surface area (Å²) >= 11 is 0. The van der Waals surface area contributed by atoms with Gasteiger partial charge in [0.2, 0.25) is 5.75 Å². The molecular formula is C14H26N4O. The first-order chi connectivity index (χ1) is 9.01. The second-order valence-electron chi connectivity index (χ2n) is 5.39. The van der Waals surface area contributed by atoms with Crippen molar-refractivity contribution in [2.75, 3.05) is 31.3 Å². The van der Waals surface area contributed by atoms with E-state index in [4.69, 9.17) is 4.74 Å². The van der Waals surface area contributed by atoms with E-state index >= 15 is 0 Å². The highest BCUT2D eigenvalue weighted by molar-refractivity contribution is 5.63. The van der Waals surface area contributed by atoms with E-state index in [0.717, 1.165) is 12.4 Å². The zero-order valence-corrected chi connectivity index (χ0v) is 12.8. The molecule has 0 radical (unpaired) electrons. The maximum absolute atomic E-state index is 5.37. The van der Waals surface area contributed by atoms with Gasteiger partial charge in [-0.05, 0) is 17.8 Å². The molecule has 0 spiro atoms. The van der Waals surface area contributed by atoms with Gasteiger partial charge in [0.25, 0.3) is 0 Å². The van der Waals surface area contributed by atoms with E-state index in [0.29, 0.717) is 29.3 Å². The second kappa shape index (κ2) is 7.16. The van der Waals surface area contributed by atoms with Crippen molar-refractivity contribution in [3.8, 4) is 5.75 Å². The van der Waals surface area contributed by atoms with Crippen LogP contribution in [0.4, 0.5) is 11.6 Å². The summed E-state index contributed by atoms with van der Waals surface area (Å²) in [5.41, 5.74) is 0. The van der Waals surface area contributed by atoms with Gasteiger partial charge in [-0.1, -0.05) is 27.7 Å². The van der Waals surface area contributed by atoms with Crippen molar-refractivity contribution in [1.82, 2.24) is 9.97 Å². The van der Waals surface area contributed by atoms with Crippen LogP contribution in [0.3, 0.4) is 0 Å². The molecule has 0 saturated carbocycles. The Morgan fingerprint density at radius 3 is 2.16 bits per heavy atom. The van der Waals surface area contributed by atoms with Crippen LogP contribution in [0.1, 0.15) is 27.7 Å². The number of hydrogen-bond acceptors (Lipinski definition) is 5. The van der Waals surface area contributed by atoms with Crippen LogP contribution in [0.5, 0.6) is 5.75 Å². The Labute approximate surface area is 116 Å². The summed E-state index contributed by atoms with van der Waals surface area (Å²) in [6, 6.07) is 0. The Hall–Kier alpha value is -1.52. The summed E-state index contributed by atoms with van der Waals surface area (Å²) in [5, 5.41) is 6.39. The fourth-order valence-electron chi connectivity index (χ4n) is 2.33. The minimum atomic E-state index is 0.595. The first-order valence-corrected chi connectivity index (χ1v) is 6.81. The van der Waals surface area contributed by atoms with Gasteiger partial charge in [-0.25, -0.2) is 9.97 Å². The highest BCUT2D eigenvalue weighted by Gasteiger charge is 2.19. The van der Waals surface area contributed by atoms with Gasteiger partial charge in [0.15, 0.2) is 11.6 Å². The van der Waals surface area contributed by atoms with Crippen molar-refractivity contribution < 1.29 is 4.74 Å². The van der Waals surface area contributed by atoms with Gasteiger partial charge in [-0.2, -0.15) is 0 Å². The molecule has 0 bridgehead atoms. The average Bonchev–Trinajstić information content (AvgIpc) is 2.37. The number of aromatic nitrogens is 2. The normalized spacial score (nSPS) is 11.2. The first-order valence-electron chi connectivity index (χ1n) is 6.81. The molecule has 1 aromatic heterocycles. The predicted molar refractivity (Wildman–Crippen MR) is 79.8 cm³/mol. The van der Waals surface area contributed by atoms with Crippen molar-refractivity contribution >= 4 is 11.6 Å². The fraction of sp³-hybridized carbons (Fsp3) is 0.714. The number of anilines is 2. The quantitative estimate of drug-likeness (QED) is 0.794. The van der Waals surface area contributed by atoms with Crippen LogP contribution in [-0.2, 0) is 0 Å². The number of rotatable bonds is 7. The summed E-state index contributed by atoms with van der Waals surface area (Å²) in [6.45, 7) is 9.89. The molecule has 5 nitrogen and oxygen atoms in total. The summed E-state index contributed by atoms with van der Waals surface area (Å²) in [5.74, 6) is 3.96. The van der Waals surface area contributed by atoms with E-state index in [9.17, 15) is 0 Å². The Morgan fingerprint density at radius 2 is 1.68 bits per heavy atom. The number of ether oxygens (including phenoxy) is 1. The van der Waals surface area contributed by atoms with Crippen molar-refractivity contribution in [3.63, 3.8) is 0 Å². The lowest BCUT2D eigenvalue weighted by Crippen LogP contribution is -2.25. The van der Waals surface area contributed by atoms with Crippen LogP contribution in [0.2, 0.25) is 0 Å².